The summed E-state index contributed by atoms with van der Waals surface area (Å²) >= 11 is 5.94. The first-order chi connectivity index (χ1) is 7.58. The minimum Gasteiger partial charge on any atom is -0.347 e. The summed E-state index contributed by atoms with van der Waals surface area (Å²) in [4.78, 5) is 13.2. The lowest BCUT2D eigenvalue weighted by molar-refractivity contribution is -0.129. The number of hydrogen-bond acceptors (Lipinski definition) is 1. The minimum atomic E-state index is 0.0671. The minimum absolute atomic E-state index is 0.0671. The Morgan fingerprint density at radius 2 is 2.12 bits per heavy atom. The third-order valence-electron chi connectivity index (χ3n) is 2.54. The maximum Gasteiger partial charge on any atom is 0.241 e. The molecule has 0 aliphatic carbocycles. The molecular formula is C12H13ClN2O. The molecule has 0 unspecified atom stereocenters. The number of halogens is 1. The van der Waals surface area contributed by atoms with E-state index in [-0.39, 0.29) is 5.91 Å². The van der Waals surface area contributed by atoms with Gasteiger partial charge in [0, 0.05) is 30.8 Å². The number of likely N-dealkylation sites (N-methyl/N-ethyl adjacent to an activating group) is 1. The molecule has 1 aromatic carbocycles. The fourth-order valence-electron chi connectivity index (χ4n) is 1.58. The summed E-state index contributed by atoms with van der Waals surface area (Å²) in [6.45, 7) is 0.344. The maximum absolute atomic E-state index is 11.6. The van der Waals surface area contributed by atoms with Gasteiger partial charge in [-0.25, -0.2) is 0 Å². The number of benzene rings is 1. The summed E-state index contributed by atoms with van der Waals surface area (Å²) in [6.07, 6.45) is 1.91. The van der Waals surface area contributed by atoms with E-state index in [1.54, 1.807) is 19.0 Å². The SMILES string of the molecule is CN(C)C(=O)Cn1ccc2ccc(Cl)cc21. The second kappa shape index (κ2) is 4.18. The zero-order chi connectivity index (χ0) is 11.7. The van der Waals surface area contributed by atoms with Crippen LogP contribution in [-0.2, 0) is 11.3 Å². The molecule has 2 rings (SSSR count). The fourth-order valence-corrected chi connectivity index (χ4v) is 1.75. The number of rotatable bonds is 2. The van der Waals surface area contributed by atoms with E-state index >= 15 is 0 Å². The molecule has 0 bridgehead atoms. The van der Waals surface area contributed by atoms with Gasteiger partial charge >= 0.3 is 0 Å². The molecule has 1 aromatic heterocycles. The summed E-state index contributed by atoms with van der Waals surface area (Å²) in [5.74, 6) is 0.0671. The molecule has 0 saturated heterocycles. The smallest absolute Gasteiger partial charge is 0.241 e. The van der Waals surface area contributed by atoms with Crippen LogP contribution in [0.2, 0.25) is 5.02 Å². The van der Waals surface area contributed by atoms with Gasteiger partial charge < -0.3 is 9.47 Å². The topological polar surface area (TPSA) is 25.2 Å². The molecule has 0 N–H and O–H groups in total. The molecule has 0 radical (unpaired) electrons. The molecule has 2 aromatic rings. The van der Waals surface area contributed by atoms with E-state index in [0.29, 0.717) is 11.6 Å². The molecule has 0 aliphatic heterocycles. The lowest BCUT2D eigenvalue weighted by atomic mass is 10.2. The van der Waals surface area contributed by atoms with Crippen molar-refractivity contribution in [2.24, 2.45) is 0 Å². The molecule has 0 spiro atoms. The quantitative estimate of drug-likeness (QED) is 0.786. The third kappa shape index (κ3) is 2.04. The number of aromatic nitrogens is 1. The molecule has 0 fully saturated rings. The summed E-state index contributed by atoms with van der Waals surface area (Å²) < 4.78 is 1.91. The van der Waals surface area contributed by atoms with Gasteiger partial charge in [0.25, 0.3) is 0 Å². The molecule has 3 nitrogen and oxygen atoms in total. The lowest BCUT2D eigenvalue weighted by Crippen LogP contribution is -2.25. The van der Waals surface area contributed by atoms with E-state index in [0.717, 1.165) is 10.9 Å². The summed E-state index contributed by atoms with van der Waals surface area (Å²) in [5, 5.41) is 1.78. The number of hydrogen-bond donors (Lipinski definition) is 0. The van der Waals surface area contributed by atoms with Crippen LogP contribution in [0.1, 0.15) is 0 Å². The van der Waals surface area contributed by atoms with Gasteiger partial charge in [-0.2, -0.15) is 0 Å². The number of amides is 1. The average molecular weight is 237 g/mol. The van der Waals surface area contributed by atoms with E-state index < -0.39 is 0 Å². The summed E-state index contributed by atoms with van der Waals surface area (Å²) in [6, 6.07) is 7.66. The molecule has 84 valence electrons. The van der Waals surface area contributed by atoms with Crippen LogP contribution in [0.25, 0.3) is 10.9 Å². The molecule has 1 heterocycles. The Morgan fingerprint density at radius 1 is 1.38 bits per heavy atom. The van der Waals surface area contributed by atoms with E-state index in [4.69, 9.17) is 11.6 Å². The van der Waals surface area contributed by atoms with E-state index in [2.05, 4.69) is 0 Å². The Kier molecular flexibility index (Phi) is 2.88. The number of nitrogens with zero attached hydrogens (tertiary/aromatic N) is 2. The van der Waals surface area contributed by atoms with E-state index in [1.807, 2.05) is 35.0 Å². The van der Waals surface area contributed by atoms with Crippen LogP contribution >= 0.6 is 11.6 Å². The van der Waals surface area contributed by atoms with Crippen molar-refractivity contribution in [2.75, 3.05) is 14.1 Å². The normalized spacial score (nSPS) is 10.7. The Balaban J connectivity index is 2.38. The van der Waals surface area contributed by atoms with Crippen molar-refractivity contribution < 1.29 is 4.79 Å². The standard InChI is InChI=1S/C12H13ClN2O/c1-14(2)12(16)8-15-6-5-9-3-4-10(13)7-11(9)15/h3-7H,8H2,1-2H3. The van der Waals surface area contributed by atoms with Crippen LogP contribution < -0.4 is 0 Å². The molecular weight excluding hydrogens is 224 g/mol. The molecule has 16 heavy (non-hydrogen) atoms. The van der Waals surface area contributed by atoms with Gasteiger partial charge in [-0.3, -0.25) is 4.79 Å². The van der Waals surface area contributed by atoms with Crippen molar-refractivity contribution in [3.8, 4) is 0 Å². The zero-order valence-corrected chi connectivity index (χ0v) is 10.0. The second-order valence-electron chi connectivity index (χ2n) is 3.93. The first kappa shape index (κ1) is 11.0. The highest BCUT2D eigenvalue weighted by Gasteiger charge is 2.07. The lowest BCUT2D eigenvalue weighted by Gasteiger charge is -2.11. The van der Waals surface area contributed by atoms with Gasteiger partial charge in [0.15, 0.2) is 0 Å². The Morgan fingerprint density at radius 3 is 2.81 bits per heavy atom. The van der Waals surface area contributed by atoms with Gasteiger partial charge in [-0.05, 0) is 23.6 Å². The van der Waals surface area contributed by atoms with Gasteiger partial charge in [0.2, 0.25) is 5.91 Å². The highest BCUT2D eigenvalue weighted by molar-refractivity contribution is 6.31. The Bertz CT molecular complexity index is 531. The van der Waals surface area contributed by atoms with Crippen molar-refractivity contribution in [2.45, 2.75) is 6.54 Å². The molecule has 0 saturated carbocycles. The van der Waals surface area contributed by atoms with Crippen LogP contribution in [0, 0.1) is 0 Å². The summed E-state index contributed by atoms with van der Waals surface area (Å²) in [5.41, 5.74) is 0.989. The average Bonchev–Trinajstić information content (AvgIpc) is 2.61. The first-order valence-electron chi connectivity index (χ1n) is 5.02. The predicted octanol–water partition coefficient (Wildman–Crippen LogP) is 2.38. The van der Waals surface area contributed by atoms with Crippen LogP contribution in [0.3, 0.4) is 0 Å². The second-order valence-corrected chi connectivity index (χ2v) is 4.37. The number of carbonyl (C=O) groups is 1. The van der Waals surface area contributed by atoms with Gasteiger partial charge in [0.1, 0.15) is 6.54 Å². The van der Waals surface area contributed by atoms with Crippen molar-refractivity contribution >= 4 is 28.4 Å². The number of fused-ring (bicyclic) bond motifs is 1. The Labute approximate surface area is 99.2 Å². The van der Waals surface area contributed by atoms with Crippen LogP contribution in [0.5, 0.6) is 0 Å². The van der Waals surface area contributed by atoms with Crippen molar-refractivity contribution in [3.05, 3.63) is 35.5 Å². The fraction of sp³-hybridized carbons (Fsp3) is 0.250. The highest BCUT2D eigenvalue weighted by atomic mass is 35.5. The summed E-state index contributed by atoms with van der Waals surface area (Å²) in [7, 11) is 3.50. The largest absolute Gasteiger partial charge is 0.347 e. The van der Waals surface area contributed by atoms with Crippen molar-refractivity contribution in [1.29, 1.82) is 0 Å². The van der Waals surface area contributed by atoms with Gasteiger partial charge in [0.05, 0.1) is 0 Å². The van der Waals surface area contributed by atoms with Crippen LogP contribution in [-0.4, -0.2) is 29.5 Å². The highest BCUT2D eigenvalue weighted by Crippen LogP contribution is 2.20. The molecule has 0 atom stereocenters. The number of carbonyl (C=O) groups excluding carboxylic acids is 1. The maximum atomic E-state index is 11.6. The van der Waals surface area contributed by atoms with Crippen LogP contribution in [0.15, 0.2) is 30.5 Å². The Hall–Kier alpha value is -1.48. The molecule has 4 heteroatoms. The van der Waals surface area contributed by atoms with Gasteiger partial charge in [-0.15, -0.1) is 0 Å². The monoisotopic (exact) mass is 236 g/mol. The van der Waals surface area contributed by atoms with E-state index in [1.165, 1.54) is 0 Å². The molecule has 0 aliphatic rings. The first-order valence-corrected chi connectivity index (χ1v) is 5.40. The van der Waals surface area contributed by atoms with Crippen molar-refractivity contribution in [1.82, 2.24) is 9.47 Å². The van der Waals surface area contributed by atoms with Crippen LogP contribution in [0.4, 0.5) is 0 Å². The third-order valence-corrected chi connectivity index (χ3v) is 2.78. The zero-order valence-electron chi connectivity index (χ0n) is 9.27. The predicted molar refractivity (Wildman–Crippen MR) is 65.6 cm³/mol. The van der Waals surface area contributed by atoms with Gasteiger partial charge in [-0.1, -0.05) is 17.7 Å². The van der Waals surface area contributed by atoms with E-state index in [9.17, 15) is 4.79 Å². The molecule has 1 amide bonds. The van der Waals surface area contributed by atoms with Crippen molar-refractivity contribution in [3.63, 3.8) is 0 Å².